The van der Waals surface area contributed by atoms with E-state index in [2.05, 4.69) is 20.6 Å². The van der Waals surface area contributed by atoms with Gasteiger partial charge in [-0.05, 0) is 29.8 Å². The number of amides is 1. The van der Waals surface area contributed by atoms with Crippen LogP contribution in [0.5, 0.6) is 5.75 Å². The van der Waals surface area contributed by atoms with E-state index in [1.54, 1.807) is 17.7 Å². The Kier molecular flexibility index (Phi) is 5.35. The number of nitrogens with zero attached hydrogens (tertiary/aromatic N) is 4. The second kappa shape index (κ2) is 8.24. The lowest BCUT2D eigenvalue weighted by atomic mass is 10.2. The fraction of sp³-hybridized carbons (Fsp3) is 0.143. The number of aryl methyl sites for hydroxylation is 1. The number of rotatable bonds is 6. The van der Waals surface area contributed by atoms with Crippen molar-refractivity contribution in [2.45, 2.75) is 13.3 Å². The van der Waals surface area contributed by atoms with E-state index in [4.69, 9.17) is 4.74 Å². The maximum Gasteiger partial charge on any atom is 0.248 e. The number of methoxy groups -OCH3 is 1. The van der Waals surface area contributed by atoms with Crippen LogP contribution in [0.25, 0.3) is 21.6 Å². The molecule has 2 aromatic carbocycles. The first-order valence-electron chi connectivity index (χ1n) is 9.11. The predicted octanol–water partition coefficient (Wildman–Crippen LogP) is 4.08. The number of carbonyl (C=O) groups is 1. The van der Waals surface area contributed by atoms with Crippen LogP contribution in [0.1, 0.15) is 18.3 Å². The molecule has 1 amide bonds. The Morgan fingerprint density at radius 3 is 2.79 bits per heavy atom. The topological polar surface area (TPSA) is 81.4 Å². The van der Waals surface area contributed by atoms with Crippen LogP contribution in [0.15, 0.2) is 54.6 Å². The largest absolute Gasteiger partial charge is 0.495 e. The zero-order chi connectivity index (χ0) is 20.2. The monoisotopic (exact) mass is 405 g/mol. The molecule has 0 fully saturated rings. The van der Waals surface area contributed by atoms with Gasteiger partial charge in [0, 0.05) is 18.1 Å². The predicted molar refractivity (Wildman–Crippen MR) is 114 cm³/mol. The van der Waals surface area contributed by atoms with Gasteiger partial charge in [0.2, 0.25) is 10.9 Å². The van der Waals surface area contributed by atoms with Crippen molar-refractivity contribution in [2.24, 2.45) is 0 Å². The normalized spacial score (nSPS) is 11.2. The van der Waals surface area contributed by atoms with E-state index >= 15 is 0 Å². The molecule has 0 saturated heterocycles. The number of fused-ring (bicyclic) bond motifs is 1. The smallest absolute Gasteiger partial charge is 0.248 e. The van der Waals surface area contributed by atoms with Gasteiger partial charge in [-0.25, -0.2) is 0 Å². The standard InChI is InChI=1S/C21H19N5O2S/c1-3-18-23-24-21-26(18)25-20(29-21)15-10-11-17(28-2)16(13-15)22-19(27)12-9-14-7-5-4-6-8-14/h4-13H,3H2,1-2H3,(H,22,27)/b12-9+. The van der Waals surface area contributed by atoms with Gasteiger partial charge >= 0.3 is 0 Å². The molecule has 4 aromatic rings. The average Bonchev–Trinajstić information content (AvgIpc) is 3.34. The van der Waals surface area contributed by atoms with Crippen LogP contribution in [0.3, 0.4) is 0 Å². The third kappa shape index (κ3) is 4.02. The molecule has 0 aliphatic carbocycles. The highest BCUT2D eigenvalue weighted by atomic mass is 32.1. The highest BCUT2D eigenvalue weighted by molar-refractivity contribution is 7.19. The molecule has 29 heavy (non-hydrogen) atoms. The van der Waals surface area contributed by atoms with Gasteiger partial charge in [0.05, 0.1) is 12.8 Å². The van der Waals surface area contributed by atoms with Crippen LogP contribution < -0.4 is 10.1 Å². The van der Waals surface area contributed by atoms with Gasteiger partial charge in [0.25, 0.3) is 0 Å². The third-order valence-corrected chi connectivity index (χ3v) is 5.25. The summed E-state index contributed by atoms with van der Waals surface area (Å²) in [5, 5.41) is 16.6. The number of benzene rings is 2. The molecular formula is C21H19N5O2S. The van der Waals surface area contributed by atoms with Crippen molar-refractivity contribution < 1.29 is 9.53 Å². The molecule has 4 rings (SSSR count). The fourth-order valence-electron chi connectivity index (χ4n) is 2.84. The van der Waals surface area contributed by atoms with E-state index in [1.807, 2.05) is 55.5 Å². The minimum atomic E-state index is -0.240. The summed E-state index contributed by atoms with van der Waals surface area (Å²) in [6, 6.07) is 15.2. The van der Waals surface area contributed by atoms with Crippen LogP contribution in [0, 0.1) is 0 Å². The van der Waals surface area contributed by atoms with E-state index < -0.39 is 0 Å². The van der Waals surface area contributed by atoms with Crippen molar-refractivity contribution in [1.82, 2.24) is 19.8 Å². The van der Waals surface area contributed by atoms with Crippen LogP contribution in [-0.2, 0) is 11.2 Å². The number of ether oxygens (including phenoxy) is 1. The minimum absolute atomic E-state index is 0.240. The number of hydrogen-bond acceptors (Lipinski definition) is 6. The lowest BCUT2D eigenvalue weighted by Crippen LogP contribution is -2.09. The molecular weight excluding hydrogens is 386 g/mol. The highest BCUT2D eigenvalue weighted by Gasteiger charge is 2.14. The van der Waals surface area contributed by atoms with E-state index in [1.165, 1.54) is 17.4 Å². The molecule has 2 aromatic heterocycles. The minimum Gasteiger partial charge on any atom is -0.495 e. The van der Waals surface area contributed by atoms with Gasteiger partial charge in [-0.15, -0.1) is 10.2 Å². The summed E-state index contributed by atoms with van der Waals surface area (Å²) in [6.07, 6.45) is 4.01. The van der Waals surface area contributed by atoms with Crippen molar-refractivity contribution >= 4 is 34.0 Å². The maximum atomic E-state index is 12.4. The molecule has 0 aliphatic rings. The van der Waals surface area contributed by atoms with E-state index in [-0.39, 0.29) is 5.91 Å². The zero-order valence-electron chi connectivity index (χ0n) is 16.0. The summed E-state index contributed by atoms with van der Waals surface area (Å²) in [6.45, 7) is 2.01. The Morgan fingerprint density at radius 2 is 2.03 bits per heavy atom. The molecule has 7 nitrogen and oxygen atoms in total. The molecule has 0 saturated carbocycles. The van der Waals surface area contributed by atoms with Gasteiger partial charge in [0.1, 0.15) is 10.8 Å². The average molecular weight is 405 g/mol. The quantitative estimate of drug-likeness (QED) is 0.489. The van der Waals surface area contributed by atoms with Crippen molar-refractivity contribution in [3.63, 3.8) is 0 Å². The van der Waals surface area contributed by atoms with Crippen LogP contribution in [0.4, 0.5) is 5.69 Å². The Balaban J connectivity index is 1.60. The molecule has 146 valence electrons. The summed E-state index contributed by atoms with van der Waals surface area (Å²) in [7, 11) is 1.57. The van der Waals surface area contributed by atoms with Crippen LogP contribution >= 0.6 is 11.3 Å². The summed E-state index contributed by atoms with van der Waals surface area (Å²) in [4.78, 5) is 13.1. The van der Waals surface area contributed by atoms with Crippen LogP contribution in [0.2, 0.25) is 0 Å². The van der Waals surface area contributed by atoms with Gasteiger partial charge in [-0.3, -0.25) is 4.79 Å². The lowest BCUT2D eigenvalue weighted by molar-refractivity contribution is -0.111. The molecule has 0 aliphatic heterocycles. The number of nitrogens with one attached hydrogen (secondary N) is 1. The Labute approximate surface area is 171 Å². The molecule has 0 radical (unpaired) electrons. The molecule has 2 heterocycles. The highest BCUT2D eigenvalue weighted by Crippen LogP contribution is 2.32. The van der Waals surface area contributed by atoms with Crippen molar-refractivity contribution in [3.8, 4) is 16.3 Å². The SMILES string of the molecule is CCc1nnc2sc(-c3ccc(OC)c(NC(=O)/C=C/c4ccccc4)c3)nn12. The Hall–Kier alpha value is -3.52. The number of aromatic nitrogens is 4. The molecule has 0 atom stereocenters. The Morgan fingerprint density at radius 1 is 1.21 bits per heavy atom. The molecule has 8 heteroatoms. The van der Waals surface area contributed by atoms with Gasteiger partial charge in [-0.1, -0.05) is 48.6 Å². The van der Waals surface area contributed by atoms with Crippen LogP contribution in [-0.4, -0.2) is 32.8 Å². The summed E-state index contributed by atoms with van der Waals surface area (Å²) in [5.74, 6) is 1.15. The van der Waals surface area contributed by atoms with Gasteiger partial charge in [0.15, 0.2) is 5.82 Å². The number of carbonyl (C=O) groups excluding carboxylic acids is 1. The summed E-state index contributed by atoms with van der Waals surface area (Å²) < 4.78 is 7.15. The molecule has 0 unspecified atom stereocenters. The second-order valence-corrected chi connectivity index (χ2v) is 7.18. The van der Waals surface area contributed by atoms with E-state index in [9.17, 15) is 4.79 Å². The maximum absolute atomic E-state index is 12.4. The zero-order valence-corrected chi connectivity index (χ0v) is 16.8. The van der Waals surface area contributed by atoms with Gasteiger partial charge < -0.3 is 10.1 Å². The lowest BCUT2D eigenvalue weighted by Gasteiger charge is -2.10. The first kappa shape index (κ1) is 18.8. The fourth-order valence-corrected chi connectivity index (χ4v) is 3.70. The van der Waals surface area contributed by atoms with Gasteiger partial charge in [-0.2, -0.15) is 9.61 Å². The second-order valence-electron chi connectivity index (χ2n) is 6.22. The Bertz CT molecular complexity index is 1180. The molecule has 0 bridgehead atoms. The number of hydrogen-bond donors (Lipinski definition) is 1. The molecule has 0 spiro atoms. The first-order chi connectivity index (χ1) is 14.2. The summed E-state index contributed by atoms with van der Waals surface area (Å²) >= 11 is 1.45. The first-order valence-corrected chi connectivity index (χ1v) is 9.93. The third-order valence-electron chi connectivity index (χ3n) is 4.30. The van der Waals surface area contributed by atoms with Crippen molar-refractivity contribution in [1.29, 1.82) is 0 Å². The van der Waals surface area contributed by atoms with E-state index in [0.29, 0.717) is 11.4 Å². The number of anilines is 1. The molecule has 1 N–H and O–H groups in total. The summed E-state index contributed by atoms with van der Waals surface area (Å²) in [5.41, 5.74) is 2.40. The van der Waals surface area contributed by atoms with E-state index in [0.717, 1.165) is 33.3 Å². The van der Waals surface area contributed by atoms with Crippen molar-refractivity contribution in [3.05, 3.63) is 66.0 Å². The van der Waals surface area contributed by atoms with Crippen molar-refractivity contribution in [2.75, 3.05) is 12.4 Å².